The predicted octanol–water partition coefficient (Wildman–Crippen LogP) is 2.28. The maximum absolute atomic E-state index is 10.9. The van der Waals surface area contributed by atoms with Crippen LogP contribution in [0, 0.1) is 21.4 Å². The summed E-state index contributed by atoms with van der Waals surface area (Å²) < 4.78 is 0. The Hall–Kier alpha value is -2.62. The second-order valence-electron chi connectivity index (χ2n) is 4.93. The minimum Gasteiger partial charge on any atom is -0.481 e. The molecule has 2 N–H and O–H groups in total. The minimum atomic E-state index is -0.889. The van der Waals surface area contributed by atoms with E-state index >= 15 is 0 Å². The Balaban J connectivity index is 2.24. The van der Waals surface area contributed by atoms with Gasteiger partial charge in [0, 0.05) is 17.3 Å². The highest BCUT2D eigenvalue weighted by Gasteiger charge is 2.39. The van der Waals surface area contributed by atoms with Crippen LogP contribution in [0.1, 0.15) is 31.2 Å². The van der Waals surface area contributed by atoms with Crippen LogP contribution in [-0.2, 0) is 4.79 Å². The monoisotopic (exact) mass is 275 g/mol. The second kappa shape index (κ2) is 5.17. The van der Waals surface area contributed by atoms with Crippen LogP contribution in [0.4, 0.5) is 11.4 Å². The largest absolute Gasteiger partial charge is 0.481 e. The summed E-state index contributed by atoms with van der Waals surface area (Å²) in [4.78, 5) is 21.0. The van der Waals surface area contributed by atoms with Gasteiger partial charge in [-0.05, 0) is 31.4 Å². The fourth-order valence-electron chi connectivity index (χ4n) is 2.41. The van der Waals surface area contributed by atoms with E-state index in [9.17, 15) is 14.9 Å². The average molecular weight is 275 g/mol. The Bertz CT molecular complexity index is 602. The molecule has 0 aliphatic heterocycles. The molecular weight excluding hydrogens is 262 g/mol. The Labute approximate surface area is 115 Å². The topological polar surface area (TPSA) is 116 Å². The lowest BCUT2D eigenvalue weighted by Gasteiger charge is -2.42. The first-order chi connectivity index (χ1) is 9.46. The van der Waals surface area contributed by atoms with E-state index in [1.54, 1.807) is 6.07 Å². The molecule has 7 heteroatoms. The number of carboxylic acids is 1. The van der Waals surface area contributed by atoms with E-state index in [4.69, 9.17) is 10.4 Å². The summed E-state index contributed by atoms with van der Waals surface area (Å²) in [7, 11) is 0. The first-order valence-electron chi connectivity index (χ1n) is 6.14. The number of nitro groups is 1. The zero-order chi connectivity index (χ0) is 14.8. The summed E-state index contributed by atoms with van der Waals surface area (Å²) in [5, 5.41) is 31.7. The van der Waals surface area contributed by atoms with E-state index < -0.39 is 16.4 Å². The number of carboxylic acid groups (broad SMARTS) is 1. The Morgan fingerprint density at radius 3 is 2.70 bits per heavy atom. The summed E-state index contributed by atoms with van der Waals surface area (Å²) in [5.74, 6) is -0.889. The van der Waals surface area contributed by atoms with E-state index in [0.717, 1.165) is 19.3 Å². The van der Waals surface area contributed by atoms with Gasteiger partial charge in [-0.2, -0.15) is 5.26 Å². The van der Waals surface area contributed by atoms with Crippen LogP contribution in [-0.4, -0.2) is 21.5 Å². The molecule has 0 spiro atoms. The quantitative estimate of drug-likeness (QED) is 0.629. The number of aliphatic carboxylic acids is 1. The lowest BCUT2D eigenvalue weighted by Crippen LogP contribution is -2.46. The highest BCUT2D eigenvalue weighted by atomic mass is 16.6. The van der Waals surface area contributed by atoms with Crippen molar-refractivity contribution in [3.63, 3.8) is 0 Å². The zero-order valence-electron chi connectivity index (χ0n) is 10.6. The SMILES string of the molecule is N#Cc1cc(NC2(CC(=O)O)CCC2)ccc1[N+](=O)[O-]. The summed E-state index contributed by atoms with van der Waals surface area (Å²) in [6.07, 6.45) is 2.40. The standard InChI is InChI=1S/C13H13N3O4/c14-8-9-6-10(2-3-11(9)16(19)20)15-13(4-1-5-13)7-12(17)18/h2-3,6,15H,1,4-5,7H2,(H,17,18). The number of benzene rings is 1. The molecule has 2 rings (SSSR count). The van der Waals surface area contributed by atoms with Crippen LogP contribution < -0.4 is 5.32 Å². The number of hydrogen-bond donors (Lipinski definition) is 2. The number of hydrogen-bond acceptors (Lipinski definition) is 5. The van der Waals surface area contributed by atoms with E-state index in [0.29, 0.717) is 5.69 Å². The molecule has 1 aromatic carbocycles. The number of nitrogens with one attached hydrogen (secondary N) is 1. The Morgan fingerprint density at radius 1 is 1.55 bits per heavy atom. The molecule has 1 aromatic rings. The van der Waals surface area contributed by atoms with Crippen molar-refractivity contribution in [3.8, 4) is 6.07 Å². The van der Waals surface area contributed by atoms with Gasteiger partial charge >= 0.3 is 5.97 Å². The normalized spacial score (nSPS) is 15.8. The molecule has 0 heterocycles. The summed E-state index contributed by atoms with van der Waals surface area (Å²) in [6, 6.07) is 5.93. The molecule has 1 aliphatic carbocycles. The molecule has 1 fully saturated rings. The lowest BCUT2D eigenvalue weighted by molar-refractivity contribution is -0.385. The molecule has 0 aromatic heterocycles. The first-order valence-corrected chi connectivity index (χ1v) is 6.14. The molecule has 104 valence electrons. The van der Waals surface area contributed by atoms with Gasteiger partial charge in [-0.15, -0.1) is 0 Å². The molecule has 0 saturated heterocycles. The number of rotatable bonds is 5. The molecule has 0 amide bonds. The zero-order valence-corrected chi connectivity index (χ0v) is 10.6. The Kier molecular flexibility index (Phi) is 3.57. The Morgan fingerprint density at radius 2 is 2.25 bits per heavy atom. The fourth-order valence-corrected chi connectivity index (χ4v) is 2.41. The van der Waals surface area contributed by atoms with E-state index in [-0.39, 0.29) is 17.7 Å². The van der Waals surface area contributed by atoms with Gasteiger partial charge in [0.2, 0.25) is 0 Å². The molecular formula is C13H13N3O4. The molecule has 0 atom stereocenters. The molecule has 1 saturated carbocycles. The maximum atomic E-state index is 10.9. The number of anilines is 1. The van der Waals surface area contributed by atoms with Gasteiger partial charge in [-0.3, -0.25) is 14.9 Å². The smallest absolute Gasteiger partial charge is 0.305 e. The molecule has 7 nitrogen and oxygen atoms in total. The van der Waals surface area contributed by atoms with E-state index in [2.05, 4.69) is 5.32 Å². The van der Waals surface area contributed by atoms with Gasteiger partial charge in [0.1, 0.15) is 11.6 Å². The molecule has 1 aliphatic rings. The highest BCUT2D eigenvalue weighted by molar-refractivity contribution is 5.70. The van der Waals surface area contributed by atoms with E-state index in [1.807, 2.05) is 0 Å². The molecule has 0 unspecified atom stereocenters. The van der Waals surface area contributed by atoms with Crippen LogP contribution in [0.25, 0.3) is 0 Å². The van der Waals surface area contributed by atoms with Gasteiger partial charge in [0.05, 0.1) is 11.3 Å². The van der Waals surface area contributed by atoms with Crippen LogP contribution in [0.15, 0.2) is 18.2 Å². The van der Waals surface area contributed by atoms with Gasteiger partial charge in [0.25, 0.3) is 5.69 Å². The van der Waals surface area contributed by atoms with Crippen LogP contribution in [0.3, 0.4) is 0 Å². The number of nitrogens with zero attached hydrogens (tertiary/aromatic N) is 2. The average Bonchev–Trinajstić information content (AvgIpc) is 2.35. The third-order valence-electron chi connectivity index (χ3n) is 3.52. The van der Waals surface area contributed by atoms with Crippen LogP contribution >= 0.6 is 0 Å². The second-order valence-corrected chi connectivity index (χ2v) is 4.93. The minimum absolute atomic E-state index is 0.00806. The number of carbonyl (C=O) groups is 1. The molecule has 0 bridgehead atoms. The van der Waals surface area contributed by atoms with Crippen molar-refractivity contribution < 1.29 is 14.8 Å². The van der Waals surface area contributed by atoms with E-state index in [1.165, 1.54) is 18.2 Å². The number of nitriles is 1. The van der Waals surface area contributed by atoms with Crippen molar-refractivity contribution in [1.82, 2.24) is 0 Å². The first kappa shape index (κ1) is 13.8. The van der Waals surface area contributed by atoms with Crippen LogP contribution in [0.2, 0.25) is 0 Å². The third-order valence-corrected chi connectivity index (χ3v) is 3.52. The number of nitro benzene ring substituents is 1. The van der Waals surface area contributed by atoms with Crippen molar-refractivity contribution in [3.05, 3.63) is 33.9 Å². The van der Waals surface area contributed by atoms with Crippen molar-refractivity contribution in [2.24, 2.45) is 0 Å². The summed E-state index contributed by atoms with van der Waals surface area (Å²) in [6.45, 7) is 0. The maximum Gasteiger partial charge on any atom is 0.305 e. The fraction of sp³-hybridized carbons (Fsp3) is 0.385. The lowest BCUT2D eigenvalue weighted by atomic mass is 9.74. The van der Waals surface area contributed by atoms with Gasteiger partial charge in [-0.1, -0.05) is 0 Å². The summed E-state index contributed by atoms with van der Waals surface area (Å²) >= 11 is 0. The predicted molar refractivity (Wildman–Crippen MR) is 70.3 cm³/mol. The van der Waals surface area contributed by atoms with Gasteiger partial charge in [-0.25, -0.2) is 0 Å². The molecule has 20 heavy (non-hydrogen) atoms. The van der Waals surface area contributed by atoms with Crippen molar-refractivity contribution in [2.75, 3.05) is 5.32 Å². The molecule has 0 radical (unpaired) electrons. The van der Waals surface area contributed by atoms with Gasteiger partial charge < -0.3 is 10.4 Å². The summed E-state index contributed by atoms with van der Waals surface area (Å²) in [5.41, 5.74) is -0.258. The van der Waals surface area contributed by atoms with Crippen molar-refractivity contribution in [1.29, 1.82) is 5.26 Å². The van der Waals surface area contributed by atoms with Crippen LogP contribution in [0.5, 0.6) is 0 Å². The third kappa shape index (κ3) is 2.69. The van der Waals surface area contributed by atoms with Crippen molar-refractivity contribution in [2.45, 2.75) is 31.2 Å². The van der Waals surface area contributed by atoms with Crippen molar-refractivity contribution >= 4 is 17.3 Å². The van der Waals surface area contributed by atoms with Gasteiger partial charge in [0.15, 0.2) is 0 Å². The highest BCUT2D eigenvalue weighted by Crippen LogP contribution is 2.38.